The van der Waals surface area contributed by atoms with Crippen molar-refractivity contribution in [3.63, 3.8) is 0 Å². The molecule has 0 amide bonds. The van der Waals surface area contributed by atoms with E-state index in [1.807, 2.05) is 35.0 Å². The molecular formula is C40H43ClN4O3. The summed E-state index contributed by atoms with van der Waals surface area (Å²) in [7, 11) is 0. The second kappa shape index (κ2) is 14.4. The Kier molecular flexibility index (Phi) is 9.45. The van der Waals surface area contributed by atoms with Crippen molar-refractivity contribution in [2.45, 2.75) is 63.6 Å². The Labute approximate surface area is 287 Å². The van der Waals surface area contributed by atoms with Crippen molar-refractivity contribution in [2.24, 2.45) is 17.8 Å². The normalized spacial score (nSPS) is 25.2. The number of rotatable bonds is 12. The lowest BCUT2D eigenvalue weighted by molar-refractivity contribution is -0.0985. The predicted molar refractivity (Wildman–Crippen MR) is 188 cm³/mol. The minimum atomic E-state index is -0.241. The third-order valence-corrected chi connectivity index (χ3v) is 10.8. The standard InChI is InChI=1S/C40H43ClN4O3/c41-37-20-35(44-22-31-17-10-18-32(31)23-44)40-42-21-36(45(40)43-37)34-19-33(27-46-24-28-11-4-1-5-12-28)38(47-25-29-13-6-2-7-14-29)39(34)48-26-30-15-8-3-9-16-30/h1-9,11-16,20-21,31-34,38-39H,10,17-19,22-27H2/t31?,32?,33-,34+,38-,39+/m1/s1. The number of ether oxygens (including phenoxy) is 3. The van der Waals surface area contributed by atoms with Crippen LogP contribution in [0, 0.1) is 17.8 Å². The smallest absolute Gasteiger partial charge is 0.177 e. The molecule has 2 unspecified atom stereocenters. The number of aromatic nitrogens is 3. The number of nitrogens with zero attached hydrogens (tertiary/aromatic N) is 4. The molecule has 248 valence electrons. The van der Waals surface area contributed by atoms with Gasteiger partial charge in [-0.3, -0.25) is 0 Å². The van der Waals surface area contributed by atoms with Gasteiger partial charge in [0.1, 0.15) is 0 Å². The van der Waals surface area contributed by atoms with Crippen LogP contribution in [0.1, 0.15) is 54.0 Å². The van der Waals surface area contributed by atoms with Gasteiger partial charge in [-0.15, -0.1) is 0 Å². The van der Waals surface area contributed by atoms with E-state index < -0.39 is 0 Å². The largest absolute Gasteiger partial charge is 0.376 e. The molecule has 0 radical (unpaired) electrons. The quantitative estimate of drug-likeness (QED) is 0.135. The summed E-state index contributed by atoms with van der Waals surface area (Å²) in [4.78, 5) is 7.50. The Morgan fingerprint density at radius 2 is 1.31 bits per heavy atom. The van der Waals surface area contributed by atoms with Gasteiger partial charge in [-0.2, -0.15) is 5.10 Å². The number of fused-ring (bicyclic) bond motifs is 2. The van der Waals surface area contributed by atoms with Crippen LogP contribution in [0.15, 0.2) is 103 Å². The lowest BCUT2D eigenvalue weighted by Gasteiger charge is -2.28. The Balaban J connectivity index is 1.12. The molecule has 1 aliphatic heterocycles. The maximum atomic E-state index is 6.89. The van der Waals surface area contributed by atoms with E-state index >= 15 is 0 Å². The van der Waals surface area contributed by atoms with Crippen molar-refractivity contribution < 1.29 is 14.2 Å². The molecule has 3 fully saturated rings. The molecule has 3 aromatic carbocycles. The van der Waals surface area contributed by atoms with E-state index in [0.29, 0.717) is 31.6 Å². The zero-order valence-corrected chi connectivity index (χ0v) is 28.0. The summed E-state index contributed by atoms with van der Waals surface area (Å²) in [6.45, 7) is 4.21. The fraction of sp³-hybridized carbons (Fsp3) is 0.400. The van der Waals surface area contributed by atoms with Crippen LogP contribution in [0.5, 0.6) is 0 Å². The molecule has 0 spiro atoms. The molecule has 8 rings (SSSR count). The molecule has 48 heavy (non-hydrogen) atoms. The Bertz CT molecular complexity index is 1770. The van der Waals surface area contributed by atoms with Crippen LogP contribution in [0.4, 0.5) is 5.69 Å². The van der Waals surface area contributed by atoms with Crippen molar-refractivity contribution in [1.29, 1.82) is 0 Å². The Morgan fingerprint density at radius 3 is 1.94 bits per heavy atom. The average molecular weight is 663 g/mol. The van der Waals surface area contributed by atoms with Crippen molar-refractivity contribution in [3.05, 3.63) is 131 Å². The highest BCUT2D eigenvalue weighted by atomic mass is 35.5. The maximum absolute atomic E-state index is 6.89. The van der Waals surface area contributed by atoms with Crippen LogP contribution in [0.25, 0.3) is 5.65 Å². The predicted octanol–water partition coefficient (Wildman–Crippen LogP) is 8.11. The first kappa shape index (κ1) is 31.5. The average Bonchev–Trinajstić information content (AvgIpc) is 3.91. The van der Waals surface area contributed by atoms with E-state index in [1.54, 1.807) is 0 Å². The molecule has 5 aromatic rings. The Hall–Kier alpha value is -3.75. The van der Waals surface area contributed by atoms with Crippen LogP contribution >= 0.6 is 11.6 Å². The second-order valence-electron chi connectivity index (χ2n) is 13.8. The molecule has 6 atom stereocenters. The zero-order valence-electron chi connectivity index (χ0n) is 27.2. The van der Waals surface area contributed by atoms with Crippen molar-refractivity contribution >= 4 is 22.9 Å². The monoisotopic (exact) mass is 662 g/mol. The van der Waals surface area contributed by atoms with Crippen LogP contribution in [0.2, 0.25) is 5.15 Å². The first-order chi connectivity index (χ1) is 23.7. The van der Waals surface area contributed by atoms with Crippen LogP contribution in [-0.2, 0) is 34.0 Å². The van der Waals surface area contributed by atoms with Gasteiger partial charge in [0, 0.05) is 31.0 Å². The van der Waals surface area contributed by atoms with E-state index in [1.165, 1.54) is 19.3 Å². The van der Waals surface area contributed by atoms with Crippen LogP contribution in [0.3, 0.4) is 0 Å². The summed E-state index contributed by atoms with van der Waals surface area (Å²) in [6, 6.07) is 33.1. The van der Waals surface area contributed by atoms with Gasteiger partial charge in [0.25, 0.3) is 0 Å². The van der Waals surface area contributed by atoms with Gasteiger partial charge in [-0.1, -0.05) is 109 Å². The summed E-state index contributed by atoms with van der Waals surface area (Å²) in [5, 5.41) is 5.33. The SMILES string of the molecule is Clc1cc(N2CC3CCCC3C2)c2ncc([C@@H]3C[C@H](COCc4ccccc4)[C@@H](OCc4ccccc4)[C@H]3OCc3ccccc3)n2n1. The van der Waals surface area contributed by atoms with Crippen LogP contribution in [-0.4, -0.2) is 46.5 Å². The first-order valence-electron chi connectivity index (χ1n) is 17.4. The van der Waals surface area contributed by atoms with Crippen molar-refractivity contribution in [3.8, 4) is 0 Å². The zero-order chi connectivity index (χ0) is 32.3. The number of hydrogen-bond acceptors (Lipinski definition) is 6. The highest BCUT2D eigenvalue weighted by Gasteiger charge is 2.47. The summed E-state index contributed by atoms with van der Waals surface area (Å²) in [5.74, 6) is 1.60. The topological polar surface area (TPSA) is 61.1 Å². The molecule has 7 nitrogen and oxygen atoms in total. The molecule has 0 bridgehead atoms. The highest BCUT2D eigenvalue weighted by molar-refractivity contribution is 6.29. The van der Waals surface area contributed by atoms with Gasteiger partial charge in [0.15, 0.2) is 10.8 Å². The minimum absolute atomic E-state index is 0.0217. The fourth-order valence-corrected chi connectivity index (χ4v) is 8.46. The highest BCUT2D eigenvalue weighted by Crippen LogP contribution is 2.45. The summed E-state index contributed by atoms with van der Waals surface area (Å²) in [5.41, 5.74) is 6.37. The van der Waals surface area contributed by atoms with Gasteiger partial charge in [0.05, 0.1) is 56.2 Å². The second-order valence-corrected chi connectivity index (χ2v) is 14.1. The van der Waals surface area contributed by atoms with E-state index in [0.717, 1.165) is 65.1 Å². The molecule has 3 aliphatic rings. The van der Waals surface area contributed by atoms with Crippen molar-refractivity contribution in [2.75, 3.05) is 24.6 Å². The minimum Gasteiger partial charge on any atom is -0.376 e. The molecule has 2 saturated carbocycles. The molecule has 2 aliphatic carbocycles. The molecular weight excluding hydrogens is 620 g/mol. The number of anilines is 1. The van der Waals surface area contributed by atoms with Gasteiger partial charge in [-0.05, 0) is 47.8 Å². The number of hydrogen-bond donors (Lipinski definition) is 0. The molecule has 0 N–H and O–H groups in total. The summed E-state index contributed by atoms with van der Waals surface area (Å²) < 4.78 is 22.1. The first-order valence-corrected chi connectivity index (χ1v) is 17.8. The molecule has 3 heterocycles. The van der Waals surface area contributed by atoms with Gasteiger partial charge in [0.2, 0.25) is 0 Å². The van der Waals surface area contributed by atoms with Gasteiger partial charge in [-0.25, -0.2) is 9.50 Å². The van der Waals surface area contributed by atoms with E-state index in [4.69, 9.17) is 35.9 Å². The Morgan fingerprint density at radius 1 is 0.729 bits per heavy atom. The van der Waals surface area contributed by atoms with Crippen molar-refractivity contribution in [1.82, 2.24) is 14.6 Å². The third-order valence-electron chi connectivity index (χ3n) is 10.6. The van der Waals surface area contributed by atoms with Gasteiger partial charge >= 0.3 is 0 Å². The van der Waals surface area contributed by atoms with E-state index in [-0.39, 0.29) is 24.0 Å². The number of imidazole rings is 1. The van der Waals surface area contributed by atoms with Crippen LogP contribution < -0.4 is 4.90 Å². The number of halogens is 1. The summed E-state index contributed by atoms with van der Waals surface area (Å²) >= 11 is 6.78. The number of benzene rings is 3. The van der Waals surface area contributed by atoms with E-state index in [2.05, 4.69) is 77.7 Å². The lowest BCUT2D eigenvalue weighted by atomic mass is 10.0. The molecule has 8 heteroatoms. The molecule has 1 saturated heterocycles. The fourth-order valence-electron chi connectivity index (χ4n) is 8.28. The van der Waals surface area contributed by atoms with Gasteiger partial charge < -0.3 is 19.1 Å². The third kappa shape index (κ3) is 6.74. The summed E-state index contributed by atoms with van der Waals surface area (Å²) in [6.07, 6.45) is 6.35. The lowest BCUT2D eigenvalue weighted by Crippen LogP contribution is -2.35. The van der Waals surface area contributed by atoms with E-state index in [9.17, 15) is 0 Å². The maximum Gasteiger partial charge on any atom is 0.177 e. The molecule has 2 aromatic heterocycles.